The number of hydrogen-bond donors (Lipinski definition) is 2. The zero-order valence-corrected chi connectivity index (χ0v) is 17.8. The molecular weight excluding hydrogens is 400 g/mol. The fourth-order valence-electron chi connectivity index (χ4n) is 3.43. The number of carbonyl (C=O) groups is 1. The molecule has 31 heavy (non-hydrogen) atoms. The second kappa shape index (κ2) is 8.48. The number of hydrogen-bond acceptors (Lipinski definition) is 8. The van der Waals surface area contributed by atoms with Gasteiger partial charge in [-0.25, -0.2) is 14.5 Å². The standard InChI is InChI=1S/C21H26N6O4/c1-21(2,29)13-27-18-16(12-22-27)17(24-19(25-18)26-8-10-31-11-9-26)14-4-6-15(7-5-14)23-20(28)30-3/h4-7,12,29H,8-11,13H2,1-3H3,(H,23,28). The van der Waals surface area contributed by atoms with E-state index < -0.39 is 11.7 Å². The maximum Gasteiger partial charge on any atom is 0.411 e. The molecule has 2 N–H and O–H groups in total. The average Bonchev–Trinajstić information content (AvgIpc) is 3.15. The van der Waals surface area contributed by atoms with Crippen molar-refractivity contribution in [2.45, 2.75) is 26.0 Å². The Morgan fingerprint density at radius 3 is 2.58 bits per heavy atom. The van der Waals surface area contributed by atoms with Crippen molar-refractivity contribution in [3.05, 3.63) is 30.5 Å². The van der Waals surface area contributed by atoms with Gasteiger partial charge < -0.3 is 19.5 Å². The number of nitrogens with zero attached hydrogens (tertiary/aromatic N) is 5. The maximum absolute atomic E-state index is 11.4. The van der Waals surface area contributed by atoms with E-state index in [1.807, 2.05) is 12.1 Å². The number of morpholine rings is 1. The summed E-state index contributed by atoms with van der Waals surface area (Å²) in [5.41, 5.74) is 1.93. The molecule has 3 aromatic rings. The van der Waals surface area contributed by atoms with Crippen molar-refractivity contribution in [2.24, 2.45) is 0 Å². The highest BCUT2D eigenvalue weighted by atomic mass is 16.5. The lowest BCUT2D eigenvalue weighted by Gasteiger charge is -2.27. The highest BCUT2D eigenvalue weighted by Gasteiger charge is 2.22. The average molecular weight is 426 g/mol. The maximum atomic E-state index is 11.4. The third-order valence-electron chi connectivity index (χ3n) is 4.91. The van der Waals surface area contributed by atoms with Gasteiger partial charge in [-0.3, -0.25) is 5.32 Å². The predicted molar refractivity (Wildman–Crippen MR) is 116 cm³/mol. The molecule has 0 aliphatic carbocycles. The van der Waals surface area contributed by atoms with E-state index in [9.17, 15) is 9.90 Å². The summed E-state index contributed by atoms with van der Waals surface area (Å²) in [6, 6.07) is 7.33. The minimum Gasteiger partial charge on any atom is -0.453 e. The number of aliphatic hydroxyl groups is 1. The molecule has 1 aliphatic heterocycles. The van der Waals surface area contributed by atoms with E-state index >= 15 is 0 Å². The van der Waals surface area contributed by atoms with Gasteiger partial charge in [-0.2, -0.15) is 10.1 Å². The Hall–Kier alpha value is -3.24. The van der Waals surface area contributed by atoms with E-state index in [4.69, 9.17) is 14.7 Å². The number of carbonyl (C=O) groups excluding carboxylic acids is 1. The largest absolute Gasteiger partial charge is 0.453 e. The molecule has 1 amide bonds. The van der Waals surface area contributed by atoms with E-state index in [1.165, 1.54) is 7.11 Å². The van der Waals surface area contributed by atoms with Crippen LogP contribution in [0.3, 0.4) is 0 Å². The Bertz CT molecular complexity index is 1070. The molecule has 0 saturated carbocycles. The Labute approximate surface area is 179 Å². The van der Waals surface area contributed by atoms with Gasteiger partial charge in [0.2, 0.25) is 5.95 Å². The molecule has 3 heterocycles. The van der Waals surface area contributed by atoms with Crippen LogP contribution in [-0.2, 0) is 16.0 Å². The summed E-state index contributed by atoms with van der Waals surface area (Å²) in [5, 5.41) is 18.2. The lowest BCUT2D eigenvalue weighted by Crippen LogP contribution is -2.37. The normalized spacial score (nSPS) is 14.6. The summed E-state index contributed by atoms with van der Waals surface area (Å²) in [5.74, 6) is 0.597. The van der Waals surface area contributed by atoms with Crippen LogP contribution in [-0.4, -0.2) is 70.0 Å². The smallest absolute Gasteiger partial charge is 0.411 e. The fraction of sp³-hybridized carbons (Fsp3) is 0.429. The van der Waals surface area contributed by atoms with Crippen molar-refractivity contribution in [1.82, 2.24) is 19.7 Å². The van der Waals surface area contributed by atoms with Gasteiger partial charge in [0.15, 0.2) is 5.65 Å². The lowest BCUT2D eigenvalue weighted by molar-refractivity contribution is 0.0589. The van der Waals surface area contributed by atoms with E-state index in [0.29, 0.717) is 50.1 Å². The minimum absolute atomic E-state index is 0.303. The zero-order chi connectivity index (χ0) is 22.0. The van der Waals surface area contributed by atoms with Crippen LogP contribution in [0.5, 0.6) is 0 Å². The molecule has 4 rings (SSSR count). The van der Waals surface area contributed by atoms with E-state index in [-0.39, 0.29) is 0 Å². The molecule has 2 aromatic heterocycles. The zero-order valence-electron chi connectivity index (χ0n) is 17.8. The summed E-state index contributed by atoms with van der Waals surface area (Å²) in [7, 11) is 1.32. The van der Waals surface area contributed by atoms with Crippen molar-refractivity contribution in [3.8, 4) is 11.3 Å². The van der Waals surface area contributed by atoms with Gasteiger partial charge in [-0.05, 0) is 26.0 Å². The number of fused-ring (bicyclic) bond motifs is 1. The van der Waals surface area contributed by atoms with Gasteiger partial charge in [0.25, 0.3) is 0 Å². The Morgan fingerprint density at radius 2 is 1.94 bits per heavy atom. The number of methoxy groups -OCH3 is 1. The van der Waals surface area contributed by atoms with Crippen LogP contribution in [0, 0.1) is 0 Å². The monoisotopic (exact) mass is 426 g/mol. The molecular formula is C21H26N6O4. The van der Waals surface area contributed by atoms with E-state index in [0.717, 1.165) is 16.6 Å². The molecule has 1 saturated heterocycles. The number of nitrogens with one attached hydrogen (secondary N) is 1. The molecule has 164 valence electrons. The first-order valence-electron chi connectivity index (χ1n) is 10.1. The quantitative estimate of drug-likeness (QED) is 0.639. The molecule has 0 radical (unpaired) electrons. The predicted octanol–water partition coefficient (Wildman–Crippen LogP) is 2.28. The van der Waals surface area contributed by atoms with Gasteiger partial charge in [-0.1, -0.05) is 12.1 Å². The number of aromatic nitrogens is 4. The van der Waals surface area contributed by atoms with E-state index in [2.05, 4.69) is 20.1 Å². The summed E-state index contributed by atoms with van der Waals surface area (Å²) >= 11 is 0. The van der Waals surface area contributed by atoms with E-state index in [1.54, 1.807) is 36.9 Å². The van der Waals surface area contributed by atoms with Gasteiger partial charge in [-0.15, -0.1) is 0 Å². The van der Waals surface area contributed by atoms with Crippen LogP contribution >= 0.6 is 0 Å². The molecule has 10 nitrogen and oxygen atoms in total. The molecule has 0 bridgehead atoms. The summed E-state index contributed by atoms with van der Waals surface area (Å²) in [4.78, 5) is 23.1. The highest BCUT2D eigenvalue weighted by molar-refractivity contribution is 5.92. The molecule has 10 heteroatoms. The Morgan fingerprint density at radius 1 is 1.23 bits per heavy atom. The summed E-state index contributed by atoms with van der Waals surface area (Å²) < 4.78 is 11.8. The van der Waals surface area contributed by atoms with Crippen LogP contribution in [0.15, 0.2) is 30.5 Å². The lowest BCUT2D eigenvalue weighted by atomic mass is 10.1. The molecule has 0 unspecified atom stereocenters. The first kappa shape index (κ1) is 21.0. The first-order chi connectivity index (χ1) is 14.8. The molecule has 0 atom stereocenters. The van der Waals surface area contributed by atoms with Gasteiger partial charge in [0.1, 0.15) is 0 Å². The third kappa shape index (κ3) is 4.75. The Kier molecular flexibility index (Phi) is 5.75. The van der Waals surface area contributed by atoms with Crippen molar-refractivity contribution in [2.75, 3.05) is 43.6 Å². The number of ether oxygens (including phenoxy) is 2. The number of amides is 1. The second-order valence-electron chi connectivity index (χ2n) is 8.02. The van der Waals surface area contributed by atoms with Crippen LogP contribution in [0.4, 0.5) is 16.4 Å². The van der Waals surface area contributed by atoms with Gasteiger partial charge in [0, 0.05) is 24.3 Å². The molecule has 0 spiro atoms. The molecule has 1 aliphatic rings. The summed E-state index contributed by atoms with van der Waals surface area (Å²) in [6.07, 6.45) is 1.19. The van der Waals surface area contributed by atoms with Crippen LogP contribution in [0.2, 0.25) is 0 Å². The van der Waals surface area contributed by atoms with Crippen molar-refractivity contribution in [1.29, 1.82) is 0 Å². The van der Waals surface area contributed by atoms with Crippen LogP contribution in [0.25, 0.3) is 22.3 Å². The van der Waals surface area contributed by atoms with Crippen molar-refractivity contribution >= 4 is 28.8 Å². The fourth-order valence-corrected chi connectivity index (χ4v) is 3.43. The highest BCUT2D eigenvalue weighted by Crippen LogP contribution is 2.30. The van der Waals surface area contributed by atoms with Crippen molar-refractivity contribution < 1.29 is 19.4 Å². The SMILES string of the molecule is COC(=O)Nc1ccc(-c2nc(N3CCOCC3)nc3c2cnn3CC(C)(C)O)cc1. The van der Waals surface area contributed by atoms with Crippen LogP contribution < -0.4 is 10.2 Å². The third-order valence-corrected chi connectivity index (χ3v) is 4.91. The van der Waals surface area contributed by atoms with Crippen LogP contribution in [0.1, 0.15) is 13.8 Å². The number of rotatable bonds is 5. The van der Waals surface area contributed by atoms with Crippen molar-refractivity contribution in [3.63, 3.8) is 0 Å². The molecule has 1 aromatic carbocycles. The Balaban J connectivity index is 1.78. The first-order valence-corrected chi connectivity index (χ1v) is 10.1. The molecule has 1 fully saturated rings. The summed E-state index contributed by atoms with van der Waals surface area (Å²) in [6.45, 7) is 6.41. The van der Waals surface area contributed by atoms with Gasteiger partial charge >= 0.3 is 6.09 Å². The topological polar surface area (TPSA) is 115 Å². The van der Waals surface area contributed by atoms with Gasteiger partial charge in [0.05, 0.1) is 49.7 Å². The number of anilines is 2. The second-order valence-corrected chi connectivity index (χ2v) is 8.02. The minimum atomic E-state index is -0.940. The number of benzene rings is 1.